The van der Waals surface area contributed by atoms with Gasteiger partial charge in [-0.2, -0.15) is 0 Å². The van der Waals surface area contributed by atoms with Gasteiger partial charge >= 0.3 is 0 Å². The summed E-state index contributed by atoms with van der Waals surface area (Å²) in [5.41, 5.74) is 7.95. The number of quaternary nitrogens is 1. The summed E-state index contributed by atoms with van der Waals surface area (Å²) in [5, 5.41) is 10.4. The zero-order chi connectivity index (χ0) is 17.6. The van der Waals surface area contributed by atoms with Gasteiger partial charge in [-0.25, -0.2) is 0 Å². The van der Waals surface area contributed by atoms with Crippen molar-refractivity contribution in [3.63, 3.8) is 0 Å². The Morgan fingerprint density at radius 3 is 2.24 bits per heavy atom. The molecule has 5 heteroatoms. The number of benzene rings is 2. The fourth-order valence-electron chi connectivity index (χ4n) is 2.89. The summed E-state index contributed by atoms with van der Waals surface area (Å²) in [7, 11) is 4.28. The van der Waals surface area contributed by atoms with Gasteiger partial charge in [-0.05, 0) is 29.7 Å². The molecule has 0 aliphatic rings. The average Bonchev–Trinajstić information content (AvgIpc) is 2.55. The first-order valence-corrected chi connectivity index (χ1v) is 8.31. The third-order valence-corrected chi connectivity index (χ3v) is 4.32. The van der Waals surface area contributed by atoms with Crippen molar-refractivity contribution in [2.24, 2.45) is 5.73 Å². The van der Waals surface area contributed by atoms with E-state index in [2.05, 4.69) is 14.1 Å². The highest BCUT2D eigenvalue weighted by molar-refractivity contribution is 5.92. The average molecular weight is 363 g/mol. The van der Waals surface area contributed by atoms with E-state index >= 15 is 0 Å². The lowest BCUT2D eigenvalue weighted by Crippen LogP contribution is -3.00. The van der Waals surface area contributed by atoms with Gasteiger partial charge in [-0.3, -0.25) is 4.79 Å². The van der Waals surface area contributed by atoms with Crippen LogP contribution in [0.25, 0.3) is 0 Å². The molecule has 0 saturated carbocycles. The fraction of sp³-hybridized carbons (Fsp3) is 0.350. The fourth-order valence-corrected chi connectivity index (χ4v) is 2.89. The molecule has 2 aromatic carbocycles. The molecule has 0 aliphatic heterocycles. The van der Waals surface area contributed by atoms with Gasteiger partial charge in [0, 0.05) is 12.0 Å². The topological polar surface area (TPSA) is 63.3 Å². The van der Waals surface area contributed by atoms with Gasteiger partial charge in [0.2, 0.25) is 5.91 Å². The minimum atomic E-state index is -0.448. The maximum Gasteiger partial charge on any atom is 0.248 e. The predicted octanol–water partition coefficient (Wildman–Crippen LogP) is -0.468. The van der Waals surface area contributed by atoms with Crippen molar-refractivity contribution in [2.75, 3.05) is 27.2 Å². The Hall–Kier alpha value is -1.88. The van der Waals surface area contributed by atoms with E-state index in [-0.39, 0.29) is 12.4 Å². The summed E-state index contributed by atoms with van der Waals surface area (Å²) >= 11 is 0. The number of aliphatic hydroxyl groups excluding tert-OH is 1. The van der Waals surface area contributed by atoms with E-state index in [1.807, 2.05) is 42.5 Å². The number of hydrogen-bond donors (Lipinski definition) is 2. The van der Waals surface area contributed by atoms with Crippen LogP contribution in [0.2, 0.25) is 0 Å². The van der Waals surface area contributed by atoms with Crippen LogP contribution in [0, 0.1) is 0 Å². The van der Waals surface area contributed by atoms with Gasteiger partial charge in [-0.1, -0.05) is 42.5 Å². The minimum absolute atomic E-state index is 0. The van der Waals surface area contributed by atoms with Crippen LogP contribution in [0.3, 0.4) is 0 Å². The number of aliphatic hydroxyl groups is 1. The van der Waals surface area contributed by atoms with Crippen LogP contribution < -0.4 is 18.1 Å². The van der Waals surface area contributed by atoms with Gasteiger partial charge in [0.25, 0.3) is 0 Å². The van der Waals surface area contributed by atoms with Crippen LogP contribution in [0.5, 0.6) is 0 Å². The van der Waals surface area contributed by atoms with Gasteiger partial charge in [0.05, 0.1) is 20.6 Å². The SMILES string of the molecule is C[N+](C)(CCCc1ccc(C(N)=O)cc1)CC(O)c1ccccc1.[Cl-]. The molecular weight excluding hydrogens is 336 g/mol. The summed E-state index contributed by atoms with van der Waals surface area (Å²) in [6.45, 7) is 1.66. The van der Waals surface area contributed by atoms with Crippen molar-refractivity contribution in [1.82, 2.24) is 0 Å². The Balaban J connectivity index is 0.00000312. The highest BCUT2D eigenvalue weighted by Gasteiger charge is 2.21. The standard InChI is InChI=1S/C20H26N2O2.ClH/c1-22(2,15-19(23)17-8-4-3-5-9-17)14-6-7-16-10-12-18(13-11-16)20(21)24;/h3-5,8-13,19,23H,6-7,14-15H2,1-2H3,(H-,21,24);1H. The van der Waals surface area contributed by atoms with Gasteiger partial charge in [0.15, 0.2) is 0 Å². The predicted molar refractivity (Wildman–Crippen MR) is 96.5 cm³/mol. The maximum atomic E-state index is 11.1. The Morgan fingerprint density at radius 1 is 1.08 bits per heavy atom. The molecule has 136 valence electrons. The lowest BCUT2D eigenvalue weighted by molar-refractivity contribution is -0.894. The Morgan fingerprint density at radius 2 is 1.68 bits per heavy atom. The molecule has 1 unspecified atom stereocenters. The van der Waals surface area contributed by atoms with Crippen LogP contribution in [-0.2, 0) is 6.42 Å². The lowest BCUT2D eigenvalue weighted by Gasteiger charge is -2.32. The number of aryl methyl sites for hydroxylation is 1. The number of primary amides is 1. The molecule has 1 atom stereocenters. The van der Waals surface area contributed by atoms with Gasteiger partial charge in [-0.15, -0.1) is 0 Å². The molecule has 2 rings (SSSR count). The number of rotatable bonds is 8. The van der Waals surface area contributed by atoms with E-state index in [1.54, 1.807) is 12.1 Å². The number of hydrogen-bond acceptors (Lipinski definition) is 2. The molecule has 0 bridgehead atoms. The zero-order valence-electron chi connectivity index (χ0n) is 14.9. The first kappa shape index (κ1) is 21.2. The second-order valence-electron chi connectivity index (χ2n) is 6.93. The first-order valence-electron chi connectivity index (χ1n) is 8.31. The van der Waals surface area contributed by atoms with Crippen LogP contribution in [0.1, 0.15) is 34.0 Å². The monoisotopic (exact) mass is 362 g/mol. The van der Waals surface area contributed by atoms with E-state index in [4.69, 9.17) is 5.73 Å². The molecule has 4 nitrogen and oxygen atoms in total. The van der Waals surface area contributed by atoms with E-state index in [9.17, 15) is 9.90 Å². The van der Waals surface area contributed by atoms with E-state index in [0.717, 1.165) is 29.4 Å². The molecule has 0 heterocycles. The third-order valence-electron chi connectivity index (χ3n) is 4.32. The first-order chi connectivity index (χ1) is 11.4. The largest absolute Gasteiger partial charge is 1.00 e. The molecule has 0 fully saturated rings. The van der Waals surface area contributed by atoms with E-state index in [1.165, 1.54) is 5.56 Å². The highest BCUT2D eigenvalue weighted by atomic mass is 35.5. The molecule has 0 saturated heterocycles. The molecule has 0 aliphatic carbocycles. The van der Waals surface area contributed by atoms with E-state index < -0.39 is 12.0 Å². The van der Waals surface area contributed by atoms with Crippen LogP contribution >= 0.6 is 0 Å². The van der Waals surface area contributed by atoms with Crippen molar-refractivity contribution in [3.8, 4) is 0 Å². The molecular formula is C20H27ClN2O2. The number of nitrogens with two attached hydrogens (primary N) is 1. The summed E-state index contributed by atoms with van der Waals surface area (Å²) in [6, 6.07) is 17.3. The smallest absolute Gasteiger partial charge is 0.248 e. The van der Waals surface area contributed by atoms with Crippen LogP contribution in [0.4, 0.5) is 0 Å². The molecule has 1 amide bonds. The Kier molecular flexibility index (Phi) is 8.10. The number of amides is 1. The quantitative estimate of drug-likeness (QED) is 0.624. The summed E-state index contributed by atoms with van der Waals surface area (Å²) in [4.78, 5) is 11.1. The summed E-state index contributed by atoms with van der Waals surface area (Å²) < 4.78 is 0.759. The van der Waals surface area contributed by atoms with Gasteiger partial charge in [0.1, 0.15) is 12.6 Å². The van der Waals surface area contributed by atoms with Crippen molar-refractivity contribution < 1.29 is 26.8 Å². The number of carbonyl (C=O) groups is 1. The third kappa shape index (κ3) is 6.86. The Labute approximate surface area is 156 Å². The normalized spacial score (nSPS) is 12.3. The molecule has 0 spiro atoms. The maximum absolute atomic E-state index is 11.1. The lowest BCUT2D eigenvalue weighted by atomic mass is 10.1. The van der Waals surface area contributed by atoms with Crippen molar-refractivity contribution in [3.05, 3.63) is 71.3 Å². The van der Waals surface area contributed by atoms with Crippen molar-refractivity contribution >= 4 is 5.91 Å². The van der Waals surface area contributed by atoms with Crippen LogP contribution in [0.15, 0.2) is 54.6 Å². The number of nitrogens with zero attached hydrogens (tertiary/aromatic N) is 1. The Bertz CT molecular complexity index is 657. The minimum Gasteiger partial charge on any atom is -1.00 e. The summed E-state index contributed by atoms with van der Waals surface area (Å²) in [5.74, 6) is -0.394. The second-order valence-corrected chi connectivity index (χ2v) is 6.93. The van der Waals surface area contributed by atoms with Crippen molar-refractivity contribution in [1.29, 1.82) is 0 Å². The molecule has 3 N–H and O–H groups in total. The van der Waals surface area contributed by atoms with Crippen LogP contribution in [-0.4, -0.2) is 42.7 Å². The molecule has 2 aromatic rings. The number of likely N-dealkylation sites (N-methyl/N-ethyl adjacent to an activating group) is 1. The molecule has 0 aromatic heterocycles. The number of carbonyl (C=O) groups excluding carboxylic acids is 1. The number of halogens is 1. The molecule has 0 radical (unpaired) electrons. The van der Waals surface area contributed by atoms with Gasteiger partial charge < -0.3 is 27.7 Å². The molecule has 25 heavy (non-hydrogen) atoms. The zero-order valence-corrected chi connectivity index (χ0v) is 15.6. The summed E-state index contributed by atoms with van der Waals surface area (Å²) in [6.07, 6.45) is 1.52. The van der Waals surface area contributed by atoms with E-state index in [0.29, 0.717) is 12.1 Å². The van der Waals surface area contributed by atoms with Crippen molar-refractivity contribution in [2.45, 2.75) is 18.9 Å². The second kappa shape index (κ2) is 9.56. The highest BCUT2D eigenvalue weighted by Crippen LogP contribution is 2.17.